The summed E-state index contributed by atoms with van der Waals surface area (Å²) in [6.07, 6.45) is 9.97. The van der Waals surface area contributed by atoms with Crippen LogP contribution >= 0.6 is 0 Å². The van der Waals surface area contributed by atoms with E-state index in [0.717, 1.165) is 55.4 Å². The molecule has 0 aliphatic rings. The van der Waals surface area contributed by atoms with Gasteiger partial charge in [-0.1, -0.05) is 107 Å². The average molecular weight is 1020 g/mol. The van der Waals surface area contributed by atoms with E-state index in [9.17, 15) is 9.59 Å². The predicted octanol–water partition coefficient (Wildman–Crippen LogP) is 9.72. The van der Waals surface area contributed by atoms with Gasteiger partial charge in [0, 0.05) is 59.4 Å². The Morgan fingerprint density at radius 3 is 1.35 bits per heavy atom. The van der Waals surface area contributed by atoms with Crippen LogP contribution in [-0.4, -0.2) is 79.1 Å². The molecule has 0 aliphatic heterocycles. The van der Waals surface area contributed by atoms with Crippen molar-refractivity contribution >= 4 is 45.3 Å². The van der Waals surface area contributed by atoms with E-state index in [0.29, 0.717) is 58.6 Å². The molecule has 8 heterocycles. The van der Waals surface area contributed by atoms with Crippen LogP contribution in [0, 0.1) is 0 Å². The Labute approximate surface area is 437 Å². The Balaban J connectivity index is 0.000000164. The molecule has 0 aliphatic carbocycles. The van der Waals surface area contributed by atoms with Crippen LogP contribution in [0.3, 0.4) is 0 Å². The van der Waals surface area contributed by atoms with E-state index in [1.165, 1.54) is 7.11 Å². The third-order valence-electron chi connectivity index (χ3n) is 11.9. The molecule has 0 unspecified atom stereocenters. The van der Waals surface area contributed by atoms with Crippen molar-refractivity contribution in [2.24, 2.45) is 5.73 Å². The number of fused-ring (bicyclic) bond motifs is 2. The quantitative estimate of drug-likeness (QED) is 0.0855. The Morgan fingerprint density at radius 1 is 0.481 bits per heavy atom. The van der Waals surface area contributed by atoms with Gasteiger partial charge >= 0.3 is 23.7 Å². The number of aromatic nitrogens is 12. The Bertz CT molecular complexity index is 4050. The van der Waals surface area contributed by atoms with Crippen molar-refractivity contribution in [3.8, 4) is 67.8 Å². The number of esters is 1. The molecule has 1 amide bonds. The normalized spacial score (nSPS) is 10.9. The van der Waals surface area contributed by atoms with E-state index in [2.05, 4.69) is 92.0 Å². The topological polar surface area (TPSA) is 274 Å². The van der Waals surface area contributed by atoms with Crippen LogP contribution in [0.5, 0.6) is 0 Å². The molecule has 374 valence electrons. The number of rotatable bonds is 14. The fourth-order valence-corrected chi connectivity index (χ4v) is 8.27. The second kappa shape index (κ2) is 22.0. The number of pyridine rings is 4. The Morgan fingerprint density at radius 2 is 0.922 bits per heavy atom. The lowest BCUT2D eigenvalue weighted by Gasteiger charge is -2.14. The fraction of sp³-hybridized carbons (Fsp3) is 0.0526. The fourth-order valence-electron chi connectivity index (χ4n) is 8.27. The Hall–Kier alpha value is -11.0. The van der Waals surface area contributed by atoms with E-state index in [1.807, 2.05) is 97.1 Å². The van der Waals surface area contributed by atoms with Gasteiger partial charge in [-0.2, -0.15) is 9.97 Å². The van der Waals surface area contributed by atoms with Gasteiger partial charge in [-0.3, -0.25) is 24.7 Å². The maximum Gasteiger partial charge on any atom is 0.397 e. The number of nitrogens with one attached hydrogen (secondary N) is 2. The van der Waals surface area contributed by atoms with Gasteiger partial charge in [-0.05, 0) is 70.8 Å². The van der Waals surface area contributed by atoms with Crippen molar-refractivity contribution in [3.63, 3.8) is 0 Å². The van der Waals surface area contributed by atoms with Gasteiger partial charge in [0.15, 0.2) is 11.6 Å². The molecule has 0 bridgehead atoms. The number of hydrogen-bond donors (Lipinski definition) is 3. The Kier molecular flexibility index (Phi) is 13.8. The van der Waals surface area contributed by atoms with Gasteiger partial charge in [-0.15, -0.1) is 0 Å². The summed E-state index contributed by atoms with van der Waals surface area (Å²) in [4.78, 5) is 68.3. The van der Waals surface area contributed by atoms with E-state index in [-0.39, 0.29) is 23.4 Å². The molecular formula is C57H41N15O5. The summed E-state index contributed by atoms with van der Waals surface area (Å²) in [5, 5.41) is 16.4. The summed E-state index contributed by atoms with van der Waals surface area (Å²) < 4.78 is 14.6. The predicted molar refractivity (Wildman–Crippen MR) is 286 cm³/mol. The van der Waals surface area contributed by atoms with E-state index in [1.54, 1.807) is 49.3 Å². The van der Waals surface area contributed by atoms with Crippen molar-refractivity contribution in [1.82, 2.24) is 60.2 Å². The first-order valence-corrected chi connectivity index (χ1v) is 23.8. The van der Waals surface area contributed by atoms with E-state index in [4.69, 9.17) is 34.7 Å². The van der Waals surface area contributed by atoms with E-state index < -0.39 is 11.9 Å². The summed E-state index contributed by atoms with van der Waals surface area (Å²) in [5.41, 5.74) is 15.0. The van der Waals surface area contributed by atoms with Crippen LogP contribution in [0.25, 0.3) is 89.6 Å². The van der Waals surface area contributed by atoms with Crippen molar-refractivity contribution < 1.29 is 23.4 Å². The van der Waals surface area contributed by atoms with Crippen LogP contribution in [0.15, 0.2) is 192 Å². The summed E-state index contributed by atoms with van der Waals surface area (Å²) in [6.45, 7) is 0.958. The van der Waals surface area contributed by atoms with Gasteiger partial charge in [0.2, 0.25) is 11.6 Å². The molecule has 8 aromatic heterocycles. The first-order chi connectivity index (χ1) is 37.8. The van der Waals surface area contributed by atoms with Crippen LogP contribution in [-0.2, 0) is 17.8 Å². The number of methoxy groups -OCH3 is 1. The summed E-state index contributed by atoms with van der Waals surface area (Å²) in [5.74, 6) is 0.600. The number of carbonyl (C=O) groups is 2. The molecule has 20 nitrogen and oxygen atoms in total. The van der Waals surface area contributed by atoms with Gasteiger partial charge in [0.1, 0.15) is 11.6 Å². The first-order valence-electron chi connectivity index (χ1n) is 23.8. The molecule has 0 radical (unpaired) electrons. The number of nitrogens with two attached hydrogens (primary N) is 1. The number of amides is 1. The molecule has 0 fully saturated rings. The monoisotopic (exact) mass is 1020 g/mol. The summed E-state index contributed by atoms with van der Waals surface area (Å²) in [7, 11) is 1.24. The zero-order valence-corrected chi connectivity index (χ0v) is 40.7. The van der Waals surface area contributed by atoms with Crippen molar-refractivity contribution in [2.75, 3.05) is 17.7 Å². The minimum atomic E-state index is -0.802. The van der Waals surface area contributed by atoms with Gasteiger partial charge in [-0.25, -0.2) is 24.7 Å². The molecule has 0 saturated heterocycles. The molecular weight excluding hydrogens is 975 g/mol. The van der Waals surface area contributed by atoms with Gasteiger partial charge < -0.3 is 30.2 Å². The minimum Gasteiger partial charge on any atom is -0.462 e. The highest BCUT2D eigenvalue weighted by Crippen LogP contribution is 2.36. The lowest BCUT2D eigenvalue weighted by Crippen LogP contribution is -2.11. The molecule has 0 saturated carbocycles. The molecule has 4 aromatic carbocycles. The lowest BCUT2D eigenvalue weighted by atomic mass is 10.0. The molecule has 12 rings (SSSR count). The van der Waals surface area contributed by atoms with E-state index >= 15 is 0 Å². The molecule has 77 heavy (non-hydrogen) atoms. The number of carbonyl (C=O) groups excluding carboxylic acids is 2. The summed E-state index contributed by atoms with van der Waals surface area (Å²) >= 11 is 0. The minimum absolute atomic E-state index is 0.189. The zero-order chi connectivity index (χ0) is 52.5. The van der Waals surface area contributed by atoms with Gasteiger partial charge in [0.05, 0.1) is 53.4 Å². The van der Waals surface area contributed by atoms with Crippen molar-refractivity contribution in [2.45, 2.75) is 13.1 Å². The second-order valence-corrected chi connectivity index (χ2v) is 16.9. The number of ether oxygens (including phenoxy) is 1. The molecule has 0 atom stereocenters. The lowest BCUT2D eigenvalue weighted by molar-refractivity contribution is 0.0545. The van der Waals surface area contributed by atoms with Crippen LogP contribution in [0.4, 0.5) is 11.6 Å². The number of anilines is 2. The summed E-state index contributed by atoms with van der Waals surface area (Å²) in [6, 6.07) is 47.4. The number of benzene rings is 4. The van der Waals surface area contributed by atoms with Crippen molar-refractivity contribution in [3.05, 3.63) is 206 Å². The highest BCUT2D eigenvalue weighted by Gasteiger charge is 2.21. The van der Waals surface area contributed by atoms with Crippen LogP contribution < -0.4 is 16.4 Å². The van der Waals surface area contributed by atoms with Gasteiger partial charge in [0.25, 0.3) is 0 Å². The molecule has 0 spiro atoms. The zero-order valence-electron chi connectivity index (χ0n) is 40.7. The average Bonchev–Trinajstić information content (AvgIpc) is 4.25. The number of hydrogen-bond acceptors (Lipinski definition) is 19. The number of primary amides is 1. The molecule has 20 heteroatoms. The highest BCUT2D eigenvalue weighted by molar-refractivity contribution is 6.04. The standard InChI is InChI=1S/C29H21N7O3.C28H20N8O2/c1-38-29(37)28-35-26(36-39-28)20-14-19(15-30-16-20)25-33-23-12-7-11-22(18-8-3-2-4-9-18)24(23)27(34-25)32-17-21-10-5-6-13-31-21;29-24(37)28-35-26(36-38-28)19-13-18(14-30-15-19)25-33-22-11-6-10-21(17-7-2-1-3-8-17)23(22)27(34-25)32-16-20-9-4-5-12-31-20/h2-16H,17H2,1H3,(H,32,33,34);1-15H,16H2,(H2,29,37)(H,32,33,34). The number of nitrogens with zero attached hydrogens (tertiary/aromatic N) is 12. The second-order valence-electron chi connectivity index (χ2n) is 16.9. The molecule has 4 N–H and O–H groups in total. The van der Waals surface area contributed by atoms with Crippen LogP contribution in [0.2, 0.25) is 0 Å². The highest BCUT2D eigenvalue weighted by atomic mass is 16.6. The van der Waals surface area contributed by atoms with Crippen molar-refractivity contribution in [1.29, 1.82) is 0 Å². The maximum absolute atomic E-state index is 11.7. The first kappa shape index (κ1) is 48.3. The molecule has 12 aromatic rings. The maximum atomic E-state index is 11.7. The largest absolute Gasteiger partial charge is 0.462 e. The smallest absolute Gasteiger partial charge is 0.397 e. The third kappa shape index (κ3) is 10.7. The third-order valence-corrected chi connectivity index (χ3v) is 11.9. The SMILES string of the molecule is COC(=O)c1nc(-c2cncc(-c3nc(NCc4ccccn4)c4c(-c5ccccc5)cccc4n3)c2)no1.NC(=O)c1nc(-c2cncc(-c3nc(NCc4ccccn4)c4c(-c5ccccc5)cccc4n3)c2)no1. The van der Waals surface area contributed by atoms with Crippen LogP contribution in [0.1, 0.15) is 32.8 Å².